The zero-order valence-corrected chi connectivity index (χ0v) is 16.4. The molecule has 4 rings (SSSR count). The van der Waals surface area contributed by atoms with Crippen LogP contribution in [0.3, 0.4) is 0 Å². The number of hydrogen-bond acceptors (Lipinski definition) is 4. The Balaban J connectivity index is 1.34. The highest BCUT2D eigenvalue weighted by atomic mass is 35.5. The maximum atomic E-state index is 12.6. The molecule has 8 heteroatoms. The summed E-state index contributed by atoms with van der Waals surface area (Å²) >= 11 is 6.19. The van der Waals surface area contributed by atoms with Gasteiger partial charge in [-0.25, -0.2) is 9.67 Å². The predicted molar refractivity (Wildman–Crippen MR) is 109 cm³/mol. The summed E-state index contributed by atoms with van der Waals surface area (Å²) in [4.78, 5) is 30.6. The van der Waals surface area contributed by atoms with Crippen LogP contribution >= 0.6 is 11.6 Å². The molecule has 1 aromatic heterocycles. The maximum Gasteiger partial charge on any atom is 0.229 e. The van der Waals surface area contributed by atoms with Gasteiger partial charge in [0.05, 0.1) is 12.5 Å². The van der Waals surface area contributed by atoms with Gasteiger partial charge in [0.2, 0.25) is 11.8 Å². The smallest absolute Gasteiger partial charge is 0.229 e. The Morgan fingerprint density at radius 1 is 1.14 bits per heavy atom. The maximum absolute atomic E-state index is 12.6. The monoisotopic (exact) mass is 409 g/mol. The summed E-state index contributed by atoms with van der Waals surface area (Å²) in [5.41, 5.74) is 2.64. The van der Waals surface area contributed by atoms with Crippen molar-refractivity contribution in [3.05, 3.63) is 77.3 Å². The lowest BCUT2D eigenvalue weighted by Crippen LogP contribution is -2.28. The van der Waals surface area contributed by atoms with E-state index in [9.17, 15) is 9.59 Å². The summed E-state index contributed by atoms with van der Waals surface area (Å²) < 4.78 is 1.73. The van der Waals surface area contributed by atoms with Crippen LogP contribution in [0, 0.1) is 5.92 Å². The number of aromatic nitrogens is 3. The van der Waals surface area contributed by atoms with Crippen LogP contribution in [0.1, 0.15) is 17.5 Å². The number of likely N-dealkylation sites (tertiary alicyclic amines) is 1. The fourth-order valence-electron chi connectivity index (χ4n) is 3.37. The third kappa shape index (κ3) is 4.63. The first-order chi connectivity index (χ1) is 14.1. The molecule has 0 unspecified atom stereocenters. The van der Waals surface area contributed by atoms with Crippen molar-refractivity contribution in [3.63, 3.8) is 0 Å². The molecule has 3 aromatic rings. The van der Waals surface area contributed by atoms with Crippen molar-refractivity contribution in [2.45, 2.75) is 19.5 Å². The van der Waals surface area contributed by atoms with Gasteiger partial charge >= 0.3 is 0 Å². The van der Waals surface area contributed by atoms with E-state index in [1.807, 2.05) is 42.5 Å². The average molecular weight is 410 g/mol. The first kappa shape index (κ1) is 19.1. The van der Waals surface area contributed by atoms with Crippen LogP contribution in [0.15, 0.2) is 61.2 Å². The molecule has 2 heterocycles. The highest BCUT2D eigenvalue weighted by Crippen LogP contribution is 2.24. The molecular weight excluding hydrogens is 390 g/mol. The molecule has 1 atom stereocenters. The number of halogens is 1. The minimum absolute atomic E-state index is 0.0340. The SMILES string of the molecule is O=C(Nc1ccc(Cn2cncn2)cc1)[C@H]1CC(=O)N(Cc2ccccc2Cl)C1. The van der Waals surface area contributed by atoms with Gasteiger partial charge in [0.1, 0.15) is 12.7 Å². The van der Waals surface area contributed by atoms with E-state index >= 15 is 0 Å². The number of nitrogens with zero attached hydrogens (tertiary/aromatic N) is 4. The van der Waals surface area contributed by atoms with E-state index in [1.165, 1.54) is 6.33 Å². The standard InChI is InChI=1S/C21H20ClN5O2/c22-19-4-2-1-3-16(19)11-26-12-17(9-20(26)28)21(29)25-18-7-5-15(6-8-18)10-27-14-23-13-24-27/h1-8,13-14,17H,9-12H2,(H,25,29)/t17-/m0/s1. The number of rotatable bonds is 6. The lowest BCUT2D eigenvalue weighted by atomic mass is 10.1. The number of hydrogen-bond donors (Lipinski definition) is 1. The molecule has 1 aliphatic heterocycles. The summed E-state index contributed by atoms with van der Waals surface area (Å²) in [6.07, 6.45) is 3.36. The zero-order chi connectivity index (χ0) is 20.2. The van der Waals surface area contributed by atoms with Crippen molar-refractivity contribution in [1.29, 1.82) is 0 Å². The summed E-state index contributed by atoms with van der Waals surface area (Å²) in [7, 11) is 0. The second-order valence-electron chi connectivity index (χ2n) is 7.05. The summed E-state index contributed by atoms with van der Waals surface area (Å²) in [6, 6.07) is 15.0. The molecular formula is C21H20ClN5O2. The molecule has 0 radical (unpaired) electrons. The Hall–Kier alpha value is -3.19. The highest BCUT2D eigenvalue weighted by molar-refractivity contribution is 6.31. The zero-order valence-electron chi connectivity index (χ0n) is 15.7. The minimum Gasteiger partial charge on any atom is -0.337 e. The number of nitrogens with one attached hydrogen (secondary N) is 1. The lowest BCUT2D eigenvalue weighted by Gasteiger charge is -2.17. The number of carbonyl (C=O) groups is 2. The van der Waals surface area contributed by atoms with E-state index < -0.39 is 0 Å². The third-order valence-electron chi connectivity index (χ3n) is 4.94. The van der Waals surface area contributed by atoms with Crippen LogP contribution in [-0.4, -0.2) is 38.0 Å². The molecule has 2 amide bonds. The second kappa shape index (κ2) is 8.45. The molecule has 1 fully saturated rings. The summed E-state index contributed by atoms with van der Waals surface area (Å²) in [6.45, 7) is 1.42. The van der Waals surface area contributed by atoms with Gasteiger partial charge in [-0.3, -0.25) is 9.59 Å². The second-order valence-corrected chi connectivity index (χ2v) is 7.45. The first-order valence-electron chi connectivity index (χ1n) is 9.32. The van der Waals surface area contributed by atoms with Gasteiger partial charge < -0.3 is 10.2 Å². The third-order valence-corrected chi connectivity index (χ3v) is 5.31. The Morgan fingerprint density at radius 3 is 2.66 bits per heavy atom. The first-order valence-corrected chi connectivity index (χ1v) is 9.69. The van der Waals surface area contributed by atoms with Crippen LogP contribution in [0.25, 0.3) is 0 Å². The van der Waals surface area contributed by atoms with Crippen LogP contribution < -0.4 is 5.32 Å². The van der Waals surface area contributed by atoms with Crippen LogP contribution in [0.5, 0.6) is 0 Å². The molecule has 0 bridgehead atoms. The Labute approximate surface area is 173 Å². The summed E-state index contributed by atoms with van der Waals surface area (Å²) in [5, 5.41) is 7.61. The largest absolute Gasteiger partial charge is 0.337 e. The van der Waals surface area contributed by atoms with Crippen molar-refractivity contribution < 1.29 is 9.59 Å². The van der Waals surface area contributed by atoms with Gasteiger partial charge in [-0.05, 0) is 29.3 Å². The number of carbonyl (C=O) groups excluding carboxylic acids is 2. The van der Waals surface area contributed by atoms with Crippen LogP contribution in [-0.2, 0) is 22.7 Å². The van der Waals surface area contributed by atoms with Crippen LogP contribution in [0.4, 0.5) is 5.69 Å². The minimum atomic E-state index is -0.375. The Morgan fingerprint density at radius 2 is 1.93 bits per heavy atom. The highest BCUT2D eigenvalue weighted by Gasteiger charge is 2.34. The Bertz CT molecular complexity index is 1000. The van der Waals surface area contributed by atoms with Gasteiger partial charge in [-0.15, -0.1) is 0 Å². The van der Waals surface area contributed by atoms with Gasteiger partial charge in [0, 0.05) is 30.2 Å². The fraction of sp³-hybridized carbons (Fsp3) is 0.238. The molecule has 29 heavy (non-hydrogen) atoms. The van der Waals surface area contributed by atoms with Gasteiger partial charge in [-0.1, -0.05) is 41.9 Å². The predicted octanol–water partition coefficient (Wildman–Crippen LogP) is 2.97. The van der Waals surface area contributed by atoms with Crippen molar-refractivity contribution in [1.82, 2.24) is 19.7 Å². The van der Waals surface area contributed by atoms with Gasteiger partial charge in [0.15, 0.2) is 0 Å². The quantitative estimate of drug-likeness (QED) is 0.678. The molecule has 0 spiro atoms. The lowest BCUT2D eigenvalue weighted by molar-refractivity contribution is -0.128. The number of benzene rings is 2. The average Bonchev–Trinajstić information content (AvgIpc) is 3.35. The molecule has 1 aliphatic rings. The molecule has 7 nitrogen and oxygen atoms in total. The molecule has 1 saturated heterocycles. The van der Waals surface area contributed by atoms with Crippen molar-refractivity contribution in [3.8, 4) is 0 Å². The summed E-state index contributed by atoms with van der Waals surface area (Å²) in [5.74, 6) is -0.558. The van der Waals surface area contributed by atoms with Gasteiger partial charge in [0.25, 0.3) is 0 Å². The topological polar surface area (TPSA) is 80.1 Å². The molecule has 148 valence electrons. The van der Waals surface area contributed by atoms with E-state index in [1.54, 1.807) is 22.0 Å². The van der Waals surface area contributed by atoms with Crippen molar-refractivity contribution in [2.24, 2.45) is 5.92 Å². The van der Waals surface area contributed by atoms with E-state index in [0.29, 0.717) is 30.3 Å². The van der Waals surface area contributed by atoms with Gasteiger partial charge in [-0.2, -0.15) is 5.10 Å². The van der Waals surface area contributed by atoms with Crippen molar-refractivity contribution in [2.75, 3.05) is 11.9 Å². The molecule has 0 saturated carbocycles. The van der Waals surface area contributed by atoms with E-state index in [-0.39, 0.29) is 24.2 Å². The molecule has 0 aliphatic carbocycles. The fourth-order valence-corrected chi connectivity index (χ4v) is 3.57. The molecule has 2 aromatic carbocycles. The van der Waals surface area contributed by atoms with E-state index in [0.717, 1.165) is 11.1 Å². The normalized spacial score (nSPS) is 16.2. The van der Waals surface area contributed by atoms with Crippen LogP contribution in [0.2, 0.25) is 5.02 Å². The van der Waals surface area contributed by atoms with Crippen molar-refractivity contribution >= 4 is 29.1 Å². The van der Waals surface area contributed by atoms with E-state index in [2.05, 4.69) is 15.4 Å². The Kier molecular flexibility index (Phi) is 5.57. The number of amides is 2. The van der Waals surface area contributed by atoms with E-state index in [4.69, 9.17) is 11.6 Å². The molecule has 1 N–H and O–H groups in total. The number of anilines is 1.